The largest absolute Gasteiger partial charge is 0.387 e. The number of nitrogens with two attached hydrogens (primary N) is 1. The van der Waals surface area contributed by atoms with E-state index >= 15 is 0 Å². The van der Waals surface area contributed by atoms with Crippen LogP contribution in [-0.4, -0.2) is 5.84 Å². The van der Waals surface area contributed by atoms with Crippen molar-refractivity contribution in [3.8, 4) is 0 Å². The van der Waals surface area contributed by atoms with Crippen molar-refractivity contribution in [3.05, 3.63) is 42.0 Å². The Labute approximate surface area is 82.1 Å². The number of fused-ring (bicyclic) bond motifs is 2. The standard InChI is InChI=1S/C12H10N2/c13-12-7-10-5-8-3-1-2-4-9(8)6-11(10)14-12/h1-6H,7H2,(H2,13,14). The average molecular weight is 182 g/mol. The zero-order chi connectivity index (χ0) is 9.54. The highest BCUT2D eigenvalue weighted by Gasteiger charge is 2.12. The van der Waals surface area contributed by atoms with Crippen LogP contribution in [0.25, 0.3) is 10.8 Å². The van der Waals surface area contributed by atoms with E-state index in [0.29, 0.717) is 0 Å². The fraction of sp³-hybridized carbons (Fsp3) is 0.0833. The Balaban J connectivity index is 2.33. The summed E-state index contributed by atoms with van der Waals surface area (Å²) in [7, 11) is 0. The molecule has 1 heterocycles. The lowest BCUT2D eigenvalue weighted by Crippen LogP contribution is -2.09. The molecule has 2 heteroatoms. The van der Waals surface area contributed by atoms with E-state index in [4.69, 9.17) is 5.73 Å². The van der Waals surface area contributed by atoms with Gasteiger partial charge in [-0.2, -0.15) is 0 Å². The third kappa shape index (κ3) is 1.01. The smallest absolute Gasteiger partial charge is 0.104 e. The molecule has 2 aromatic rings. The molecule has 0 unspecified atom stereocenters. The summed E-state index contributed by atoms with van der Waals surface area (Å²) in [5.41, 5.74) is 7.96. The minimum atomic E-state index is 0.718. The highest BCUT2D eigenvalue weighted by atomic mass is 14.9. The molecular formula is C12H10N2. The van der Waals surface area contributed by atoms with E-state index < -0.39 is 0 Å². The number of hydrogen-bond donors (Lipinski definition) is 1. The quantitative estimate of drug-likeness (QED) is 0.667. The predicted octanol–water partition coefficient (Wildman–Crippen LogP) is 2.38. The summed E-state index contributed by atoms with van der Waals surface area (Å²) in [4.78, 5) is 4.30. The first-order valence-electron chi connectivity index (χ1n) is 4.68. The van der Waals surface area contributed by atoms with Crippen molar-refractivity contribution >= 4 is 22.3 Å². The van der Waals surface area contributed by atoms with Crippen LogP contribution >= 0.6 is 0 Å². The Bertz CT molecular complexity index is 541. The van der Waals surface area contributed by atoms with E-state index in [9.17, 15) is 0 Å². The lowest BCUT2D eigenvalue weighted by atomic mass is 10.0. The summed E-state index contributed by atoms with van der Waals surface area (Å²) in [6, 6.07) is 12.6. The Morgan fingerprint density at radius 3 is 2.57 bits per heavy atom. The first-order chi connectivity index (χ1) is 6.83. The molecule has 2 N–H and O–H groups in total. The van der Waals surface area contributed by atoms with E-state index in [-0.39, 0.29) is 0 Å². The molecule has 68 valence electrons. The maximum absolute atomic E-state index is 5.70. The number of aliphatic imine (C=N–C) groups is 1. The molecule has 0 saturated heterocycles. The number of nitrogens with zero attached hydrogens (tertiary/aromatic N) is 1. The second-order valence-electron chi connectivity index (χ2n) is 3.61. The molecule has 0 atom stereocenters. The zero-order valence-electron chi connectivity index (χ0n) is 7.70. The van der Waals surface area contributed by atoms with E-state index in [1.165, 1.54) is 16.3 Å². The summed E-state index contributed by atoms with van der Waals surface area (Å²) < 4.78 is 0. The molecule has 2 aromatic carbocycles. The van der Waals surface area contributed by atoms with Gasteiger partial charge in [-0.1, -0.05) is 24.3 Å². The summed E-state index contributed by atoms with van der Waals surface area (Å²) in [5, 5.41) is 2.49. The van der Waals surface area contributed by atoms with Gasteiger partial charge in [0, 0.05) is 6.42 Å². The number of rotatable bonds is 0. The highest BCUT2D eigenvalue weighted by Crippen LogP contribution is 2.30. The molecule has 0 fully saturated rings. The van der Waals surface area contributed by atoms with E-state index in [0.717, 1.165) is 17.9 Å². The molecule has 0 radical (unpaired) electrons. The van der Waals surface area contributed by atoms with Gasteiger partial charge in [-0.15, -0.1) is 0 Å². The van der Waals surface area contributed by atoms with Crippen LogP contribution in [0.1, 0.15) is 5.56 Å². The summed E-state index contributed by atoms with van der Waals surface area (Å²) >= 11 is 0. The minimum Gasteiger partial charge on any atom is -0.387 e. The number of benzene rings is 2. The molecular weight excluding hydrogens is 172 g/mol. The van der Waals surface area contributed by atoms with Crippen LogP contribution in [0.4, 0.5) is 5.69 Å². The Morgan fingerprint density at radius 1 is 1.07 bits per heavy atom. The maximum atomic E-state index is 5.70. The monoisotopic (exact) mass is 182 g/mol. The van der Waals surface area contributed by atoms with Crippen LogP contribution in [0, 0.1) is 0 Å². The van der Waals surface area contributed by atoms with Gasteiger partial charge < -0.3 is 5.73 Å². The van der Waals surface area contributed by atoms with Crippen molar-refractivity contribution in [2.75, 3.05) is 0 Å². The number of amidine groups is 1. The first-order valence-corrected chi connectivity index (χ1v) is 4.68. The van der Waals surface area contributed by atoms with Crippen molar-refractivity contribution < 1.29 is 0 Å². The van der Waals surface area contributed by atoms with Gasteiger partial charge in [0.1, 0.15) is 5.84 Å². The predicted molar refractivity (Wildman–Crippen MR) is 58.9 cm³/mol. The van der Waals surface area contributed by atoms with Gasteiger partial charge in [0.2, 0.25) is 0 Å². The van der Waals surface area contributed by atoms with E-state index in [2.05, 4.69) is 29.3 Å². The maximum Gasteiger partial charge on any atom is 0.104 e. The molecule has 14 heavy (non-hydrogen) atoms. The van der Waals surface area contributed by atoms with Gasteiger partial charge in [0.25, 0.3) is 0 Å². The Kier molecular flexibility index (Phi) is 1.39. The summed E-state index contributed by atoms with van der Waals surface area (Å²) in [6.07, 6.45) is 0.792. The van der Waals surface area contributed by atoms with E-state index in [1.54, 1.807) is 0 Å². The topological polar surface area (TPSA) is 38.4 Å². The Morgan fingerprint density at radius 2 is 1.79 bits per heavy atom. The molecule has 0 amide bonds. The molecule has 1 aliphatic heterocycles. The van der Waals surface area contributed by atoms with Gasteiger partial charge in [0.15, 0.2) is 0 Å². The highest BCUT2D eigenvalue weighted by molar-refractivity contribution is 5.96. The third-order valence-corrected chi connectivity index (χ3v) is 2.58. The third-order valence-electron chi connectivity index (χ3n) is 2.58. The van der Waals surface area contributed by atoms with Crippen molar-refractivity contribution in [3.63, 3.8) is 0 Å². The summed E-state index contributed by atoms with van der Waals surface area (Å²) in [6.45, 7) is 0. The zero-order valence-corrected chi connectivity index (χ0v) is 7.70. The van der Waals surface area contributed by atoms with Crippen molar-refractivity contribution in [1.82, 2.24) is 0 Å². The van der Waals surface area contributed by atoms with Crippen LogP contribution in [0.2, 0.25) is 0 Å². The van der Waals surface area contributed by atoms with E-state index in [1.807, 2.05) is 12.1 Å². The van der Waals surface area contributed by atoms with Gasteiger partial charge in [-0.05, 0) is 28.5 Å². The Hall–Kier alpha value is -1.83. The molecule has 2 nitrogen and oxygen atoms in total. The first kappa shape index (κ1) is 7.56. The fourth-order valence-electron chi connectivity index (χ4n) is 1.91. The van der Waals surface area contributed by atoms with Crippen molar-refractivity contribution in [2.24, 2.45) is 10.7 Å². The van der Waals surface area contributed by atoms with Crippen molar-refractivity contribution in [1.29, 1.82) is 0 Å². The normalized spacial score (nSPS) is 14.1. The number of hydrogen-bond acceptors (Lipinski definition) is 2. The molecule has 0 bridgehead atoms. The van der Waals surface area contributed by atoms with Crippen LogP contribution in [0.5, 0.6) is 0 Å². The lowest BCUT2D eigenvalue weighted by Gasteiger charge is -2.00. The average Bonchev–Trinajstić information content (AvgIpc) is 2.53. The molecule has 0 spiro atoms. The minimum absolute atomic E-state index is 0.718. The van der Waals surface area contributed by atoms with Gasteiger partial charge in [-0.25, -0.2) is 4.99 Å². The lowest BCUT2D eigenvalue weighted by molar-refractivity contribution is 1.38. The second kappa shape index (κ2) is 2.58. The van der Waals surface area contributed by atoms with Crippen LogP contribution < -0.4 is 5.73 Å². The van der Waals surface area contributed by atoms with Gasteiger partial charge >= 0.3 is 0 Å². The summed E-state index contributed by atoms with van der Waals surface area (Å²) in [5.74, 6) is 0.718. The SMILES string of the molecule is NC1=Nc2cc3ccccc3cc2C1. The van der Waals surface area contributed by atoms with Crippen molar-refractivity contribution in [2.45, 2.75) is 6.42 Å². The molecule has 3 rings (SSSR count). The molecule has 0 saturated carbocycles. The van der Waals surface area contributed by atoms with Gasteiger partial charge in [-0.3, -0.25) is 0 Å². The van der Waals surface area contributed by atoms with Crippen LogP contribution in [0.15, 0.2) is 41.4 Å². The van der Waals surface area contributed by atoms with Crippen LogP contribution in [-0.2, 0) is 6.42 Å². The second-order valence-corrected chi connectivity index (χ2v) is 3.61. The molecule has 0 aromatic heterocycles. The fourth-order valence-corrected chi connectivity index (χ4v) is 1.91. The molecule has 0 aliphatic carbocycles. The molecule has 1 aliphatic rings. The van der Waals surface area contributed by atoms with Gasteiger partial charge in [0.05, 0.1) is 5.69 Å². The van der Waals surface area contributed by atoms with Crippen LogP contribution in [0.3, 0.4) is 0 Å².